The van der Waals surface area contributed by atoms with Crippen LogP contribution < -0.4 is 9.64 Å². The number of methoxy groups -OCH3 is 1. The van der Waals surface area contributed by atoms with Crippen molar-refractivity contribution >= 4 is 39.2 Å². The third kappa shape index (κ3) is 5.70. The largest absolute Gasteiger partial charge is 0.475 e. The van der Waals surface area contributed by atoms with Crippen LogP contribution in [0.15, 0.2) is 65.6 Å². The fourth-order valence-corrected chi connectivity index (χ4v) is 6.60. The summed E-state index contributed by atoms with van der Waals surface area (Å²) in [5.41, 5.74) is 3.25. The number of carbonyl (C=O) groups is 2. The topological polar surface area (TPSA) is 93.2 Å². The zero-order valence-electron chi connectivity index (χ0n) is 21.6. The molecule has 0 spiro atoms. The van der Waals surface area contributed by atoms with Crippen molar-refractivity contribution in [3.05, 3.63) is 87.9 Å². The molecule has 200 valence electrons. The van der Waals surface area contributed by atoms with E-state index >= 15 is 0 Å². The molecular formula is C28H29ClN2O6S. The molecule has 1 atom stereocenters. The highest BCUT2D eigenvalue weighted by atomic mass is 35.5. The van der Waals surface area contributed by atoms with Crippen molar-refractivity contribution in [2.45, 2.75) is 38.3 Å². The zero-order chi connectivity index (χ0) is 27.6. The molecule has 8 nitrogen and oxygen atoms in total. The van der Waals surface area contributed by atoms with Crippen molar-refractivity contribution in [3.8, 4) is 5.75 Å². The fraction of sp³-hybridized carbons (Fsp3) is 0.286. The van der Waals surface area contributed by atoms with Gasteiger partial charge in [-0.05, 0) is 61.7 Å². The summed E-state index contributed by atoms with van der Waals surface area (Å²) < 4.78 is 39.9. The Balaban J connectivity index is 1.74. The number of rotatable bonds is 7. The van der Waals surface area contributed by atoms with E-state index in [2.05, 4.69) is 0 Å². The van der Waals surface area contributed by atoms with Gasteiger partial charge in [-0.2, -0.15) is 4.31 Å². The Hall–Kier alpha value is -3.40. The number of esters is 1. The molecule has 0 N–H and O–H groups in total. The number of hydrogen-bond acceptors (Lipinski definition) is 6. The monoisotopic (exact) mass is 556 g/mol. The summed E-state index contributed by atoms with van der Waals surface area (Å²) in [4.78, 5) is 27.6. The molecule has 0 aliphatic carbocycles. The molecule has 3 aromatic rings. The van der Waals surface area contributed by atoms with E-state index in [1.54, 1.807) is 74.5 Å². The van der Waals surface area contributed by atoms with Gasteiger partial charge in [0.25, 0.3) is 0 Å². The summed E-state index contributed by atoms with van der Waals surface area (Å²) in [6.07, 6.45) is -1.04. The average molecular weight is 557 g/mol. The van der Waals surface area contributed by atoms with E-state index in [4.69, 9.17) is 21.1 Å². The van der Waals surface area contributed by atoms with E-state index in [-0.39, 0.29) is 18.0 Å². The first-order valence-electron chi connectivity index (χ1n) is 12.0. The Morgan fingerprint density at radius 3 is 2.32 bits per heavy atom. The Bertz CT molecular complexity index is 1450. The second-order valence-electron chi connectivity index (χ2n) is 9.23. The molecular weight excluding hydrogens is 528 g/mol. The number of fused-ring (bicyclic) bond motifs is 1. The molecule has 0 bridgehead atoms. The van der Waals surface area contributed by atoms with Crippen LogP contribution in [-0.4, -0.2) is 50.9 Å². The second-order valence-corrected chi connectivity index (χ2v) is 11.5. The molecule has 1 aliphatic heterocycles. The minimum Gasteiger partial charge on any atom is -0.475 e. The SMILES string of the molecule is COC(=O)[C@H]1CN(C(=O)CN(Cc2ccc(Cl)cc2)S(=O)(=O)c2c(C)cc(C)cc2C)c2ccccc2O1. The van der Waals surface area contributed by atoms with Crippen LogP contribution in [0.3, 0.4) is 0 Å². The summed E-state index contributed by atoms with van der Waals surface area (Å²) in [5, 5.41) is 0.517. The third-order valence-corrected chi connectivity index (χ3v) is 8.68. The van der Waals surface area contributed by atoms with Gasteiger partial charge in [0.1, 0.15) is 5.75 Å². The number of anilines is 1. The zero-order valence-corrected chi connectivity index (χ0v) is 23.2. The highest BCUT2D eigenvalue weighted by molar-refractivity contribution is 7.89. The van der Waals surface area contributed by atoms with Gasteiger partial charge in [-0.15, -0.1) is 0 Å². The van der Waals surface area contributed by atoms with Gasteiger partial charge in [-0.1, -0.05) is 53.6 Å². The summed E-state index contributed by atoms with van der Waals surface area (Å²) in [6.45, 7) is 4.77. The van der Waals surface area contributed by atoms with Gasteiger partial charge in [0.15, 0.2) is 0 Å². The van der Waals surface area contributed by atoms with Crippen molar-refractivity contribution in [1.82, 2.24) is 4.31 Å². The molecule has 0 unspecified atom stereocenters. The minimum atomic E-state index is -4.10. The van der Waals surface area contributed by atoms with Crippen LogP contribution in [-0.2, 0) is 30.9 Å². The van der Waals surface area contributed by atoms with Gasteiger partial charge in [-0.3, -0.25) is 4.79 Å². The molecule has 3 aromatic carbocycles. The van der Waals surface area contributed by atoms with E-state index in [0.29, 0.717) is 33.1 Å². The third-order valence-electron chi connectivity index (χ3n) is 6.33. The van der Waals surface area contributed by atoms with E-state index in [1.807, 2.05) is 6.92 Å². The normalized spacial score (nSPS) is 15.1. The molecule has 0 radical (unpaired) electrons. The van der Waals surface area contributed by atoms with Crippen LogP contribution in [0.2, 0.25) is 5.02 Å². The van der Waals surface area contributed by atoms with Crippen molar-refractivity contribution < 1.29 is 27.5 Å². The van der Waals surface area contributed by atoms with Gasteiger partial charge in [0.05, 0.1) is 30.8 Å². The lowest BCUT2D eigenvalue weighted by Crippen LogP contribution is -2.50. The van der Waals surface area contributed by atoms with Crippen LogP contribution in [0.5, 0.6) is 5.75 Å². The number of sulfonamides is 1. The molecule has 0 aromatic heterocycles. The molecule has 10 heteroatoms. The number of para-hydroxylation sites is 2. The van der Waals surface area contributed by atoms with Crippen LogP contribution >= 0.6 is 11.6 Å². The van der Waals surface area contributed by atoms with E-state index in [1.165, 1.54) is 12.0 Å². The highest BCUT2D eigenvalue weighted by Gasteiger charge is 2.37. The summed E-state index contributed by atoms with van der Waals surface area (Å²) in [5.74, 6) is -0.803. The molecule has 38 heavy (non-hydrogen) atoms. The number of carbonyl (C=O) groups excluding carboxylic acids is 2. The number of amides is 1. The van der Waals surface area contributed by atoms with Gasteiger partial charge >= 0.3 is 5.97 Å². The van der Waals surface area contributed by atoms with Crippen molar-refractivity contribution in [2.24, 2.45) is 0 Å². The number of halogens is 1. The average Bonchev–Trinajstić information content (AvgIpc) is 2.87. The van der Waals surface area contributed by atoms with Crippen LogP contribution in [0.4, 0.5) is 5.69 Å². The molecule has 1 aliphatic rings. The number of hydrogen-bond donors (Lipinski definition) is 0. The Morgan fingerprint density at radius 1 is 1.05 bits per heavy atom. The van der Waals surface area contributed by atoms with E-state index < -0.39 is 34.5 Å². The quantitative estimate of drug-likeness (QED) is 0.400. The number of aryl methyl sites for hydroxylation is 3. The molecule has 0 saturated carbocycles. The van der Waals surface area contributed by atoms with Crippen LogP contribution in [0.1, 0.15) is 22.3 Å². The standard InChI is InChI=1S/C28H29ClN2O6S/c1-18-13-19(2)27(20(3)14-18)38(34,35)30(15-21-9-11-22(29)12-10-21)17-26(32)31-16-25(28(33)36-4)37-24-8-6-5-7-23(24)31/h5-14,25H,15-17H2,1-4H3/t25-/m1/s1. The number of nitrogens with zero attached hydrogens (tertiary/aromatic N) is 2. The van der Waals surface area contributed by atoms with Crippen molar-refractivity contribution in [2.75, 3.05) is 25.1 Å². The lowest BCUT2D eigenvalue weighted by atomic mass is 10.1. The molecule has 1 heterocycles. The van der Waals surface area contributed by atoms with Gasteiger partial charge in [0.2, 0.25) is 22.0 Å². The highest BCUT2D eigenvalue weighted by Crippen LogP contribution is 2.34. The lowest BCUT2D eigenvalue weighted by molar-refractivity contribution is -0.148. The number of benzene rings is 3. The first-order chi connectivity index (χ1) is 18.0. The molecule has 4 rings (SSSR count). The molecule has 0 fully saturated rings. The van der Waals surface area contributed by atoms with Gasteiger partial charge in [0, 0.05) is 11.6 Å². The van der Waals surface area contributed by atoms with Gasteiger partial charge in [-0.25, -0.2) is 13.2 Å². The number of ether oxygens (including phenoxy) is 2. The maximum Gasteiger partial charge on any atom is 0.348 e. The summed E-state index contributed by atoms with van der Waals surface area (Å²) in [7, 11) is -2.86. The summed E-state index contributed by atoms with van der Waals surface area (Å²) in [6, 6.07) is 17.2. The lowest BCUT2D eigenvalue weighted by Gasteiger charge is -2.35. The molecule has 1 amide bonds. The second kappa shape index (κ2) is 11.1. The van der Waals surface area contributed by atoms with E-state index in [9.17, 15) is 18.0 Å². The maximum absolute atomic E-state index is 14.1. The Kier molecular flexibility index (Phi) is 8.10. The van der Waals surface area contributed by atoms with Crippen molar-refractivity contribution in [1.29, 1.82) is 0 Å². The fourth-order valence-electron chi connectivity index (χ4n) is 4.68. The Morgan fingerprint density at radius 2 is 1.68 bits per heavy atom. The van der Waals surface area contributed by atoms with E-state index in [0.717, 1.165) is 9.87 Å². The maximum atomic E-state index is 14.1. The van der Waals surface area contributed by atoms with Crippen LogP contribution in [0.25, 0.3) is 0 Å². The van der Waals surface area contributed by atoms with Gasteiger partial charge < -0.3 is 14.4 Å². The predicted molar refractivity (Wildman–Crippen MR) is 145 cm³/mol. The first-order valence-corrected chi connectivity index (χ1v) is 13.8. The smallest absolute Gasteiger partial charge is 0.348 e. The predicted octanol–water partition coefficient (Wildman–Crippen LogP) is 4.42. The minimum absolute atomic E-state index is 0.0512. The first kappa shape index (κ1) is 27.6. The Labute approximate surface area is 227 Å². The summed E-state index contributed by atoms with van der Waals surface area (Å²) >= 11 is 6.03. The van der Waals surface area contributed by atoms with Crippen molar-refractivity contribution in [3.63, 3.8) is 0 Å². The molecule has 0 saturated heterocycles. The van der Waals surface area contributed by atoms with Crippen LogP contribution in [0, 0.1) is 20.8 Å².